The van der Waals surface area contributed by atoms with Gasteiger partial charge in [-0.3, -0.25) is 9.69 Å². The van der Waals surface area contributed by atoms with E-state index in [1.165, 1.54) is 12.0 Å². The van der Waals surface area contributed by atoms with Gasteiger partial charge in [-0.05, 0) is 42.7 Å². The van der Waals surface area contributed by atoms with Crippen LogP contribution in [-0.2, 0) is 11.3 Å². The Balaban J connectivity index is 1.85. The van der Waals surface area contributed by atoms with E-state index in [1.54, 1.807) is 18.2 Å². The second kappa shape index (κ2) is 9.01. The molecule has 3 amide bonds. The molecule has 3 rings (SSSR count). The number of nitrogens with zero attached hydrogens (tertiary/aromatic N) is 1. The minimum Gasteiger partial charge on any atom is -0.493 e. The number of carbonyl (C=O) groups is 2. The number of imide groups is 1. The van der Waals surface area contributed by atoms with Gasteiger partial charge in [0.15, 0.2) is 11.5 Å². The highest BCUT2D eigenvalue weighted by atomic mass is 35.5. The van der Waals surface area contributed by atoms with E-state index in [1.807, 2.05) is 44.2 Å². The van der Waals surface area contributed by atoms with Crippen LogP contribution in [0.2, 0.25) is 5.02 Å². The van der Waals surface area contributed by atoms with E-state index in [0.29, 0.717) is 22.1 Å². The number of benzene rings is 2. The summed E-state index contributed by atoms with van der Waals surface area (Å²) in [6, 6.07) is 12.3. The molecule has 0 saturated carbocycles. The maximum Gasteiger partial charge on any atom is 0.329 e. The van der Waals surface area contributed by atoms with E-state index in [0.717, 1.165) is 12.0 Å². The Morgan fingerprint density at radius 1 is 1.21 bits per heavy atom. The topological polar surface area (TPSA) is 67.9 Å². The molecule has 29 heavy (non-hydrogen) atoms. The monoisotopic (exact) mass is 414 g/mol. The molecule has 0 unspecified atom stereocenters. The summed E-state index contributed by atoms with van der Waals surface area (Å²) in [4.78, 5) is 26.1. The van der Waals surface area contributed by atoms with E-state index in [-0.39, 0.29) is 18.3 Å². The normalized spacial score (nSPS) is 16.1. The van der Waals surface area contributed by atoms with Crippen molar-refractivity contribution in [3.63, 3.8) is 0 Å². The second-order valence-electron chi connectivity index (χ2n) is 6.74. The Hall–Kier alpha value is -2.99. The molecular weight excluding hydrogens is 392 g/mol. The smallest absolute Gasteiger partial charge is 0.329 e. The van der Waals surface area contributed by atoms with Gasteiger partial charge in [-0.2, -0.15) is 0 Å². The van der Waals surface area contributed by atoms with Gasteiger partial charge in [0, 0.05) is 0 Å². The van der Waals surface area contributed by atoms with Crippen LogP contribution in [0.25, 0.3) is 6.08 Å². The highest BCUT2D eigenvalue weighted by Gasteiger charge is 2.33. The third-order valence-electron chi connectivity index (χ3n) is 4.60. The Labute approximate surface area is 175 Å². The first kappa shape index (κ1) is 20.7. The average Bonchev–Trinajstić information content (AvgIpc) is 2.97. The summed E-state index contributed by atoms with van der Waals surface area (Å²) in [6.07, 6.45) is 2.38. The lowest BCUT2D eigenvalue weighted by molar-refractivity contribution is -0.123. The molecule has 1 aliphatic heterocycles. The lowest BCUT2D eigenvalue weighted by Gasteiger charge is -2.17. The van der Waals surface area contributed by atoms with Crippen molar-refractivity contribution in [3.8, 4) is 11.5 Å². The van der Waals surface area contributed by atoms with Gasteiger partial charge in [-0.1, -0.05) is 48.9 Å². The lowest BCUT2D eigenvalue weighted by atomic mass is 10.1. The molecule has 152 valence electrons. The van der Waals surface area contributed by atoms with E-state index in [4.69, 9.17) is 21.1 Å². The molecule has 1 saturated heterocycles. The molecule has 2 aromatic rings. The number of hydrogen-bond acceptors (Lipinski definition) is 4. The van der Waals surface area contributed by atoms with E-state index >= 15 is 0 Å². The van der Waals surface area contributed by atoms with E-state index in [9.17, 15) is 9.59 Å². The summed E-state index contributed by atoms with van der Waals surface area (Å²) in [6.45, 7) is 4.16. The Morgan fingerprint density at radius 2 is 1.93 bits per heavy atom. The van der Waals surface area contributed by atoms with Crippen LogP contribution in [-0.4, -0.2) is 30.1 Å². The van der Waals surface area contributed by atoms with Crippen molar-refractivity contribution < 1.29 is 19.1 Å². The van der Waals surface area contributed by atoms with Gasteiger partial charge < -0.3 is 14.8 Å². The molecule has 0 aromatic heterocycles. The Bertz CT molecular complexity index is 943. The number of amides is 3. The first-order valence-corrected chi connectivity index (χ1v) is 9.73. The molecule has 1 aliphatic rings. The third kappa shape index (κ3) is 4.71. The fourth-order valence-electron chi connectivity index (χ4n) is 2.87. The molecule has 2 aromatic carbocycles. The van der Waals surface area contributed by atoms with Crippen molar-refractivity contribution in [2.24, 2.45) is 0 Å². The summed E-state index contributed by atoms with van der Waals surface area (Å²) in [5.41, 5.74) is 1.67. The third-order valence-corrected chi connectivity index (χ3v) is 4.88. The predicted octanol–water partition coefficient (Wildman–Crippen LogP) is 4.62. The quantitative estimate of drug-likeness (QED) is 0.530. The summed E-state index contributed by atoms with van der Waals surface area (Å²) >= 11 is 6.38. The van der Waals surface area contributed by atoms with Gasteiger partial charge in [-0.15, -0.1) is 0 Å². The van der Waals surface area contributed by atoms with Crippen LogP contribution >= 0.6 is 11.6 Å². The molecule has 1 fully saturated rings. The van der Waals surface area contributed by atoms with Crippen molar-refractivity contribution in [1.82, 2.24) is 10.2 Å². The maximum atomic E-state index is 12.7. The summed E-state index contributed by atoms with van der Waals surface area (Å²) in [7, 11) is 1.52. The Kier molecular flexibility index (Phi) is 6.44. The molecule has 0 bridgehead atoms. The van der Waals surface area contributed by atoms with Crippen LogP contribution in [0.15, 0.2) is 48.2 Å². The van der Waals surface area contributed by atoms with Crippen molar-refractivity contribution in [2.75, 3.05) is 7.11 Å². The first-order chi connectivity index (χ1) is 13.9. The molecule has 1 atom stereocenters. The van der Waals surface area contributed by atoms with Crippen molar-refractivity contribution in [1.29, 1.82) is 0 Å². The number of nitrogens with one attached hydrogen (secondary N) is 1. The molecular formula is C22H23ClN2O4. The number of hydrogen-bond donors (Lipinski definition) is 1. The lowest BCUT2D eigenvalue weighted by Crippen LogP contribution is -2.30. The molecule has 6 nitrogen and oxygen atoms in total. The molecule has 1 N–H and O–H groups in total. The molecule has 0 radical (unpaired) electrons. The second-order valence-corrected chi connectivity index (χ2v) is 7.14. The van der Waals surface area contributed by atoms with Gasteiger partial charge in [0.1, 0.15) is 5.70 Å². The molecule has 0 aliphatic carbocycles. The zero-order valence-electron chi connectivity index (χ0n) is 16.6. The number of carbonyl (C=O) groups excluding carboxylic acids is 2. The van der Waals surface area contributed by atoms with E-state index < -0.39 is 11.9 Å². The molecule has 1 heterocycles. The number of rotatable bonds is 7. The van der Waals surface area contributed by atoms with Gasteiger partial charge >= 0.3 is 6.03 Å². The first-order valence-electron chi connectivity index (χ1n) is 9.35. The number of halogens is 1. The number of ether oxygens (including phenoxy) is 2. The number of urea groups is 1. The fraction of sp³-hybridized carbons (Fsp3) is 0.273. The fourth-order valence-corrected chi connectivity index (χ4v) is 3.13. The predicted molar refractivity (Wildman–Crippen MR) is 112 cm³/mol. The standard InChI is InChI=1S/C22H23ClN2O4/c1-4-14(2)29-20-17(23)10-16(12-19(20)28-3)11-18-21(26)25(22(27)24-18)13-15-8-6-5-7-9-15/h5-12,14H,4,13H2,1-3H3,(H,24,27)/b18-11+/t14-/m0/s1. The van der Waals surface area contributed by atoms with Gasteiger partial charge in [0.25, 0.3) is 5.91 Å². The minimum absolute atomic E-state index is 0.0205. The SMILES string of the molecule is CC[C@H](C)Oc1c(Cl)cc(/C=C2/NC(=O)N(Cc3ccccc3)C2=O)cc1OC. The average molecular weight is 415 g/mol. The zero-order chi connectivity index (χ0) is 21.0. The molecule has 0 spiro atoms. The minimum atomic E-state index is -0.458. The van der Waals surface area contributed by atoms with Crippen LogP contribution < -0.4 is 14.8 Å². The van der Waals surface area contributed by atoms with Gasteiger partial charge in [-0.25, -0.2) is 4.79 Å². The van der Waals surface area contributed by atoms with Crippen LogP contribution in [0.5, 0.6) is 11.5 Å². The zero-order valence-corrected chi connectivity index (χ0v) is 17.3. The molecule has 7 heteroatoms. The van der Waals surface area contributed by atoms with Crippen LogP contribution in [0.3, 0.4) is 0 Å². The van der Waals surface area contributed by atoms with Crippen molar-refractivity contribution in [3.05, 3.63) is 64.3 Å². The summed E-state index contributed by atoms with van der Waals surface area (Å²) in [5.74, 6) is 0.523. The van der Waals surface area contributed by atoms with Gasteiger partial charge in [0.05, 0.1) is 24.8 Å². The highest BCUT2D eigenvalue weighted by Crippen LogP contribution is 2.38. The van der Waals surface area contributed by atoms with E-state index in [2.05, 4.69) is 5.32 Å². The largest absolute Gasteiger partial charge is 0.493 e. The van der Waals surface area contributed by atoms with Crippen LogP contribution in [0.1, 0.15) is 31.4 Å². The Morgan fingerprint density at radius 3 is 2.59 bits per heavy atom. The van der Waals surface area contributed by atoms with Crippen molar-refractivity contribution >= 4 is 29.6 Å². The van der Waals surface area contributed by atoms with Crippen LogP contribution in [0.4, 0.5) is 4.79 Å². The van der Waals surface area contributed by atoms with Crippen LogP contribution in [0, 0.1) is 0 Å². The van der Waals surface area contributed by atoms with Gasteiger partial charge in [0.2, 0.25) is 0 Å². The number of methoxy groups -OCH3 is 1. The highest BCUT2D eigenvalue weighted by molar-refractivity contribution is 6.32. The maximum absolute atomic E-state index is 12.7. The summed E-state index contributed by atoms with van der Waals surface area (Å²) in [5, 5.41) is 2.99. The van der Waals surface area contributed by atoms with Crippen molar-refractivity contribution in [2.45, 2.75) is 32.9 Å². The summed E-state index contributed by atoms with van der Waals surface area (Å²) < 4.78 is 11.2.